The van der Waals surface area contributed by atoms with E-state index in [4.69, 9.17) is 32.7 Å². The van der Waals surface area contributed by atoms with E-state index in [0.717, 1.165) is 24.3 Å². The molecule has 0 unspecified atom stereocenters. The Morgan fingerprint density at radius 2 is 1.18 bits per heavy atom. The zero-order valence-electron chi connectivity index (χ0n) is 32.4. The predicted molar refractivity (Wildman–Crippen MR) is 222 cm³/mol. The minimum absolute atomic E-state index is 0.0548. The second-order valence-electron chi connectivity index (χ2n) is 12.7. The van der Waals surface area contributed by atoms with Crippen LogP contribution in [0.1, 0.15) is 13.8 Å². The van der Waals surface area contributed by atoms with Crippen LogP contribution >= 0.6 is 23.2 Å². The van der Waals surface area contributed by atoms with E-state index >= 15 is 0 Å². The Bertz CT molecular complexity index is 2840. The van der Waals surface area contributed by atoms with Crippen LogP contribution in [0.25, 0.3) is 22.3 Å². The van der Waals surface area contributed by atoms with E-state index in [-0.39, 0.29) is 24.5 Å². The third-order valence-electron chi connectivity index (χ3n) is 8.85. The maximum atomic E-state index is 14.0. The van der Waals surface area contributed by atoms with Gasteiger partial charge in [-0.1, -0.05) is 59.6 Å². The van der Waals surface area contributed by atoms with Gasteiger partial charge in [-0.25, -0.2) is 37.5 Å². The van der Waals surface area contributed by atoms with Gasteiger partial charge in [0.1, 0.15) is 17.6 Å². The van der Waals surface area contributed by atoms with Gasteiger partial charge in [0.05, 0.1) is 33.8 Å². The van der Waals surface area contributed by atoms with Gasteiger partial charge >= 0.3 is 12.0 Å². The number of fused-ring (bicyclic) bond motifs is 2. The Morgan fingerprint density at radius 3 is 1.70 bits per heavy atom. The van der Waals surface area contributed by atoms with Gasteiger partial charge in [0.2, 0.25) is 29.3 Å². The van der Waals surface area contributed by atoms with Crippen molar-refractivity contribution in [2.75, 3.05) is 23.8 Å². The minimum atomic E-state index is -0.876. The molecule has 1 amide bonds. The highest BCUT2D eigenvalue weighted by molar-refractivity contribution is 6.33. The standard InChI is InChI=1S/C22H19ClF2N6O2.C19H14ClF2N5O/c1-3-30-20-16(11-27-21(29-20)33-19-14(24)8-6-9-15(19)25)28-22(30)31(12-18(32)26-2)17-10-5-4-7-13(17)23;1-2-27-17-15(25-18(27)24-14-9-4-3-6-11(14)20)10-23-19(26-17)28-16-12(21)7-5-8-13(16)22/h4-11H,3,12H2,1-2H3,(H,26,32);3-10H,2H2,1H3,(H,24,25). The van der Waals surface area contributed by atoms with Crippen molar-refractivity contribution in [3.05, 3.63) is 131 Å². The molecule has 4 heterocycles. The third-order valence-corrected chi connectivity index (χ3v) is 9.50. The number of carbonyl (C=O) groups excluding carboxylic acids is 1. The molecule has 0 atom stereocenters. The van der Waals surface area contributed by atoms with E-state index in [9.17, 15) is 22.4 Å². The number of hydrogen-bond donors (Lipinski definition) is 2. The average Bonchev–Trinajstić information content (AvgIpc) is 3.80. The van der Waals surface area contributed by atoms with Gasteiger partial charge in [0.15, 0.2) is 34.6 Å². The van der Waals surface area contributed by atoms with Gasteiger partial charge in [-0.3, -0.25) is 13.9 Å². The fourth-order valence-corrected chi connectivity index (χ4v) is 6.39. The second-order valence-corrected chi connectivity index (χ2v) is 13.5. The SMILES string of the molecule is CCn1c(N(CC(=O)NC)c2ccccc2Cl)nc2cnc(Oc3c(F)cccc3F)nc21.CCn1c(Nc2ccccc2Cl)nc2cnc(Oc3c(F)cccc3F)nc21. The van der Waals surface area contributed by atoms with Crippen molar-refractivity contribution >= 4 is 74.7 Å². The topological polar surface area (TPSA) is 150 Å². The van der Waals surface area contributed by atoms with E-state index in [0.29, 0.717) is 68.7 Å². The molecule has 0 aliphatic carbocycles. The van der Waals surface area contributed by atoms with Crippen LogP contribution in [0, 0.1) is 23.3 Å². The Labute approximate surface area is 354 Å². The van der Waals surface area contributed by atoms with E-state index < -0.39 is 34.8 Å². The van der Waals surface area contributed by atoms with Gasteiger partial charge in [0, 0.05) is 20.1 Å². The number of ether oxygens (including phenoxy) is 2. The summed E-state index contributed by atoms with van der Waals surface area (Å²) >= 11 is 12.6. The summed E-state index contributed by atoms with van der Waals surface area (Å²) in [5.74, 6) is -3.94. The molecule has 0 radical (unpaired) electrons. The van der Waals surface area contributed by atoms with E-state index in [1.165, 1.54) is 31.6 Å². The van der Waals surface area contributed by atoms with Gasteiger partial charge in [-0.05, 0) is 62.4 Å². The summed E-state index contributed by atoms with van der Waals surface area (Å²) in [6.07, 6.45) is 2.82. The van der Waals surface area contributed by atoms with Crippen molar-refractivity contribution in [3.63, 3.8) is 0 Å². The monoisotopic (exact) mass is 873 g/mol. The minimum Gasteiger partial charge on any atom is -0.418 e. The fraction of sp³-hybridized carbons (Fsp3) is 0.146. The van der Waals surface area contributed by atoms with Crippen molar-refractivity contribution in [1.82, 2.24) is 44.4 Å². The number of carbonyl (C=O) groups is 1. The molecular weight excluding hydrogens is 841 g/mol. The number of benzene rings is 4. The molecule has 61 heavy (non-hydrogen) atoms. The molecule has 8 aromatic rings. The van der Waals surface area contributed by atoms with Gasteiger partial charge in [-0.2, -0.15) is 9.97 Å². The summed E-state index contributed by atoms with van der Waals surface area (Å²) in [5, 5.41) is 6.73. The maximum absolute atomic E-state index is 14.0. The fourth-order valence-electron chi connectivity index (χ4n) is 5.97. The lowest BCUT2D eigenvalue weighted by molar-refractivity contribution is -0.119. The highest BCUT2D eigenvalue weighted by atomic mass is 35.5. The number of rotatable bonds is 12. The van der Waals surface area contributed by atoms with E-state index in [1.807, 2.05) is 32.0 Å². The number of anilines is 4. The number of para-hydroxylation sites is 4. The molecule has 0 fully saturated rings. The molecule has 0 saturated carbocycles. The van der Waals surface area contributed by atoms with Crippen molar-refractivity contribution in [1.29, 1.82) is 0 Å². The molecule has 8 rings (SSSR count). The Balaban J connectivity index is 0.000000186. The normalized spacial score (nSPS) is 11.0. The number of amides is 1. The number of hydrogen-bond acceptors (Lipinski definition) is 11. The first kappa shape index (κ1) is 42.1. The van der Waals surface area contributed by atoms with Crippen molar-refractivity contribution in [2.24, 2.45) is 0 Å². The summed E-state index contributed by atoms with van der Waals surface area (Å²) in [4.78, 5) is 39.6. The van der Waals surface area contributed by atoms with Crippen LogP contribution in [0.15, 0.2) is 97.3 Å². The third kappa shape index (κ3) is 9.09. The first-order valence-electron chi connectivity index (χ1n) is 18.4. The molecule has 4 aromatic carbocycles. The van der Waals surface area contributed by atoms with Crippen LogP contribution in [0.5, 0.6) is 23.5 Å². The van der Waals surface area contributed by atoms with Crippen LogP contribution in [0.2, 0.25) is 10.0 Å². The molecule has 312 valence electrons. The van der Waals surface area contributed by atoms with Crippen molar-refractivity contribution in [3.8, 4) is 23.5 Å². The number of aromatic nitrogens is 8. The Kier molecular flexibility index (Phi) is 12.7. The van der Waals surface area contributed by atoms with Gasteiger partial charge in [-0.15, -0.1) is 0 Å². The molecule has 4 aromatic heterocycles. The molecule has 20 heteroatoms. The molecule has 0 aliphatic rings. The summed E-state index contributed by atoms with van der Waals surface area (Å²) in [6.45, 7) is 4.69. The first-order valence-corrected chi connectivity index (χ1v) is 19.2. The molecule has 0 bridgehead atoms. The summed E-state index contributed by atoms with van der Waals surface area (Å²) in [7, 11) is 1.53. The highest BCUT2D eigenvalue weighted by Gasteiger charge is 2.24. The summed E-state index contributed by atoms with van der Waals surface area (Å²) in [5.41, 5.74) is 2.99. The van der Waals surface area contributed by atoms with Crippen molar-refractivity contribution < 1.29 is 31.8 Å². The molecule has 2 N–H and O–H groups in total. The van der Waals surface area contributed by atoms with Crippen LogP contribution in [-0.2, 0) is 17.9 Å². The zero-order valence-corrected chi connectivity index (χ0v) is 33.9. The van der Waals surface area contributed by atoms with E-state index in [2.05, 4.69) is 40.5 Å². The predicted octanol–water partition coefficient (Wildman–Crippen LogP) is 9.77. The number of likely N-dealkylation sites (N-methyl/N-ethyl adjacent to an activating group) is 1. The zero-order chi connectivity index (χ0) is 43.2. The van der Waals surface area contributed by atoms with Gasteiger partial charge < -0.3 is 25.0 Å². The molecule has 0 aliphatic heterocycles. The number of halogens is 6. The Hall–Kier alpha value is -7.05. The molecule has 14 nitrogen and oxygen atoms in total. The number of nitrogens with zero attached hydrogens (tertiary/aromatic N) is 9. The first-order chi connectivity index (χ1) is 29.5. The smallest absolute Gasteiger partial charge is 0.324 e. The van der Waals surface area contributed by atoms with Crippen LogP contribution < -0.4 is 25.0 Å². The lowest BCUT2D eigenvalue weighted by atomic mass is 10.3. The average molecular weight is 875 g/mol. The van der Waals surface area contributed by atoms with Gasteiger partial charge in [0.25, 0.3) is 0 Å². The number of imidazole rings is 2. The molecule has 0 spiro atoms. The molecular formula is C41H33Cl2F4N11O3. The number of aryl methyl sites for hydroxylation is 2. The Morgan fingerprint density at radius 1 is 0.672 bits per heavy atom. The summed E-state index contributed by atoms with van der Waals surface area (Å²) in [6, 6.07) is 20.7. The molecule has 0 saturated heterocycles. The quantitative estimate of drug-likeness (QED) is 0.113. The summed E-state index contributed by atoms with van der Waals surface area (Å²) < 4.78 is 69.7. The van der Waals surface area contributed by atoms with Crippen molar-refractivity contribution in [2.45, 2.75) is 26.9 Å². The number of nitrogens with one attached hydrogen (secondary N) is 2. The van der Waals surface area contributed by atoms with Crippen LogP contribution in [0.3, 0.4) is 0 Å². The second kappa shape index (κ2) is 18.5. The lowest BCUT2D eigenvalue weighted by Gasteiger charge is -2.24. The maximum Gasteiger partial charge on any atom is 0.324 e. The largest absolute Gasteiger partial charge is 0.418 e. The van der Waals surface area contributed by atoms with Crippen LogP contribution in [-0.4, -0.2) is 58.5 Å². The van der Waals surface area contributed by atoms with Crippen LogP contribution in [0.4, 0.5) is 40.8 Å². The lowest BCUT2D eigenvalue weighted by Crippen LogP contribution is -2.34. The van der Waals surface area contributed by atoms with E-state index in [1.54, 1.807) is 44.4 Å². The highest BCUT2D eigenvalue weighted by Crippen LogP contribution is 2.34.